The van der Waals surface area contributed by atoms with Crippen molar-refractivity contribution in [3.05, 3.63) is 167 Å². The first-order valence-corrected chi connectivity index (χ1v) is 18.4. The van der Waals surface area contributed by atoms with Gasteiger partial charge in [0.15, 0.2) is 6.10 Å². The topological polar surface area (TPSA) is 85.4 Å². The van der Waals surface area contributed by atoms with Gasteiger partial charge in [0, 0.05) is 5.02 Å². The maximum atomic E-state index is 14.4. The van der Waals surface area contributed by atoms with Crippen LogP contribution in [0.3, 0.4) is 0 Å². The second-order valence-electron chi connectivity index (χ2n) is 12.8. The molecule has 264 valence electrons. The number of benzene rings is 5. The Labute approximate surface area is 312 Å². The summed E-state index contributed by atoms with van der Waals surface area (Å²) in [5, 5.41) is -0.326. The number of imide groups is 1. The summed E-state index contributed by atoms with van der Waals surface area (Å²) >= 11 is 7.10. The number of carbonyl (C=O) groups excluding carboxylic acids is 3. The van der Waals surface area contributed by atoms with Gasteiger partial charge in [0.25, 0.3) is 5.24 Å². The Kier molecular flexibility index (Phi) is 10.5. The number of thioether (sulfide) groups is 1. The zero-order valence-corrected chi connectivity index (χ0v) is 30.0. The van der Waals surface area contributed by atoms with E-state index in [9.17, 15) is 14.4 Å². The van der Waals surface area contributed by atoms with Crippen LogP contribution in [-0.2, 0) is 21.5 Å². The van der Waals surface area contributed by atoms with Crippen LogP contribution in [0.4, 0.5) is 9.59 Å². The van der Waals surface area contributed by atoms with Crippen LogP contribution in [0.25, 0.3) is 0 Å². The van der Waals surface area contributed by atoms with Crippen molar-refractivity contribution in [1.29, 1.82) is 0 Å². The maximum absolute atomic E-state index is 14.4. The van der Waals surface area contributed by atoms with E-state index in [1.165, 1.54) is 4.90 Å². The van der Waals surface area contributed by atoms with E-state index in [2.05, 4.69) is 0 Å². The zero-order chi connectivity index (χ0) is 36.1. The quantitative estimate of drug-likeness (QED) is 0.112. The molecule has 2 saturated heterocycles. The molecule has 2 aliphatic rings. The lowest BCUT2D eigenvalue weighted by atomic mass is 9.75. The fourth-order valence-corrected chi connectivity index (χ4v) is 8.03. The number of hydrogen-bond acceptors (Lipinski definition) is 7. The summed E-state index contributed by atoms with van der Waals surface area (Å²) in [6, 6.07) is 43.6. The Morgan fingerprint density at radius 3 is 1.94 bits per heavy atom. The molecule has 0 N–H and O–H groups in total. The van der Waals surface area contributed by atoms with Gasteiger partial charge >= 0.3 is 6.09 Å². The molecule has 2 heterocycles. The molecule has 5 aromatic carbocycles. The third kappa shape index (κ3) is 7.24. The number of halogens is 1. The van der Waals surface area contributed by atoms with Crippen LogP contribution >= 0.6 is 23.4 Å². The van der Waals surface area contributed by atoms with Gasteiger partial charge in [0.1, 0.15) is 30.3 Å². The molecule has 3 atom stereocenters. The van der Waals surface area contributed by atoms with Gasteiger partial charge in [-0.2, -0.15) is 0 Å². The lowest BCUT2D eigenvalue weighted by molar-refractivity contribution is -0.129. The minimum absolute atomic E-state index is 0.217. The normalized spacial score (nSPS) is 18.0. The smallest absolute Gasteiger partial charge is 0.410 e. The highest BCUT2D eigenvalue weighted by Crippen LogP contribution is 2.48. The van der Waals surface area contributed by atoms with Gasteiger partial charge in [-0.15, -0.1) is 0 Å². The molecule has 7 rings (SSSR count). The Bertz CT molecular complexity index is 1920. The van der Waals surface area contributed by atoms with Gasteiger partial charge in [-0.05, 0) is 65.9 Å². The fraction of sp³-hybridized carbons (Fsp3) is 0.214. The standard InChI is InChI=1S/C42H37ClN2O6S/c1-29(44-26-37(51-40(44)47)28-50-36-19-11-18-34(43)25-36)27-49-35-22-20-30(21-23-35)24-38-39(46)45(41(48)52-38)42(31-12-5-2-6-13-31,32-14-7-3-8-15-32)33-16-9-4-10-17-33/h2-23,25,29,37-38H,24,26-28H2,1H3/t29-,37+,38?/m0/s1. The van der Waals surface area contributed by atoms with E-state index >= 15 is 0 Å². The molecule has 5 aromatic rings. The Hall–Kier alpha value is -5.25. The van der Waals surface area contributed by atoms with Crippen LogP contribution in [0.5, 0.6) is 11.5 Å². The predicted octanol–water partition coefficient (Wildman–Crippen LogP) is 8.61. The van der Waals surface area contributed by atoms with Crippen LogP contribution in [-0.4, -0.2) is 64.2 Å². The second kappa shape index (κ2) is 15.6. The first kappa shape index (κ1) is 35.2. The van der Waals surface area contributed by atoms with Crippen LogP contribution in [0, 0.1) is 0 Å². The molecule has 1 unspecified atom stereocenters. The maximum Gasteiger partial charge on any atom is 0.410 e. The van der Waals surface area contributed by atoms with E-state index in [-0.39, 0.29) is 30.4 Å². The highest BCUT2D eigenvalue weighted by atomic mass is 35.5. The van der Waals surface area contributed by atoms with Crippen LogP contribution in [0.15, 0.2) is 140 Å². The SMILES string of the molecule is C[C@@H](COc1ccc(CC2SC(=O)N(C(c3ccccc3)(c3ccccc3)c3ccccc3)C2=O)cc1)N1C[C@H](COc2cccc(Cl)c2)OC1=O. The van der Waals surface area contributed by atoms with E-state index in [4.69, 9.17) is 25.8 Å². The molecule has 3 amide bonds. The molecule has 0 aliphatic carbocycles. The summed E-state index contributed by atoms with van der Waals surface area (Å²) < 4.78 is 17.3. The van der Waals surface area contributed by atoms with Crippen molar-refractivity contribution in [2.45, 2.75) is 36.3 Å². The number of ether oxygens (including phenoxy) is 3. The summed E-state index contributed by atoms with van der Waals surface area (Å²) in [4.78, 5) is 44.1. The number of carbonyl (C=O) groups is 3. The predicted molar refractivity (Wildman–Crippen MR) is 202 cm³/mol. The van der Waals surface area contributed by atoms with Crippen molar-refractivity contribution < 1.29 is 28.6 Å². The van der Waals surface area contributed by atoms with Gasteiger partial charge in [-0.3, -0.25) is 19.4 Å². The largest absolute Gasteiger partial charge is 0.491 e. The Morgan fingerprint density at radius 2 is 1.37 bits per heavy atom. The summed E-state index contributed by atoms with van der Waals surface area (Å²) in [6.45, 7) is 2.76. The first-order valence-electron chi connectivity index (χ1n) is 17.1. The Morgan fingerprint density at radius 1 is 0.769 bits per heavy atom. The molecule has 0 aromatic heterocycles. The van der Waals surface area contributed by atoms with Crippen molar-refractivity contribution in [2.75, 3.05) is 19.8 Å². The monoisotopic (exact) mass is 732 g/mol. The molecule has 0 saturated carbocycles. The fourth-order valence-electron chi connectivity index (χ4n) is 6.79. The summed E-state index contributed by atoms with van der Waals surface area (Å²) in [7, 11) is 0. The van der Waals surface area contributed by atoms with Gasteiger partial charge < -0.3 is 14.2 Å². The number of cyclic esters (lactones) is 1. The average molecular weight is 733 g/mol. The molecule has 8 nitrogen and oxygen atoms in total. The van der Waals surface area contributed by atoms with Crippen molar-refractivity contribution >= 4 is 40.6 Å². The van der Waals surface area contributed by atoms with E-state index in [1.54, 1.807) is 29.2 Å². The van der Waals surface area contributed by atoms with Gasteiger partial charge in [0.2, 0.25) is 5.91 Å². The number of nitrogens with zero attached hydrogens (tertiary/aromatic N) is 2. The first-order chi connectivity index (χ1) is 25.3. The molecule has 0 radical (unpaired) electrons. The van der Waals surface area contributed by atoms with Crippen LogP contribution in [0.1, 0.15) is 29.2 Å². The Balaban J connectivity index is 1.01. The third-order valence-electron chi connectivity index (χ3n) is 9.33. The van der Waals surface area contributed by atoms with Crippen LogP contribution in [0.2, 0.25) is 5.02 Å². The third-order valence-corrected chi connectivity index (χ3v) is 10.6. The highest BCUT2D eigenvalue weighted by molar-refractivity contribution is 8.15. The summed E-state index contributed by atoms with van der Waals surface area (Å²) in [5.41, 5.74) is 2.23. The molecule has 2 fully saturated rings. The summed E-state index contributed by atoms with van der Waals surface area (Å²) in [5.74, 6) is 0.999. The van der Waals surface area contributed by atoms with E-state index in [0.717, 1.165) is 34.0 Å². The van der Waals surface area contributed by atoms with Crippen molar-refractivity contribution in [3.63, 3.8) is 0 Å². The number of rotatable bonds is 13. The molecule has 2 aliphatic heterocycles. The van der Waals surface area contributed by atoms with Crippen molar-refractivity contribution in [2.24, 2.45) is 0 Å². The molecule has 10 heteroatoms. The molecule has 52 heavy (non-hydrogen) atoms. The van der Waals surface area contributed by atoms with Gasteiger partial charge in [0.05, 0.1) is 17.8 Å². The van der Waals surface area contributed by atoms with Crippen LogP contribution < -0.4 is 9.47 Å². The van der Waals surface area contributed by atoms with Crippen molar-refractivity contribution in [3.8, 4) is 11.5 Å². The molecular weight excluding hydrogens is 696 g/mol. The zero-order valence-electron chi connectivity index (χ0n) is 28.5. The minimum atomic E-state index is -1.15. The highest BCUT2D eigenvalue weighted by Gasteiger charge is 2.54. The van der Waals surface area contributed by atoms with E-state index in [0.29, 0.717) is 29.5 Å². The molecule has 0 bridgehead atoms. The van der Waals surface area contributed by atoms with Gasteiger partial charge in [-0.1, -0.05) is 133 Å². The number of hydrogen-bond donors (Lipinski definition) is 0. The summed E-state index contributed by atoms with van der Waals surface area (Å²) in [6.07, 6.45) is -0.454. The van der Waals surface area contributed by atoms with E-state index < -0.39 is 23.0 Å². The van der Waals surface area contributed by atoms with E-state index in [1.807, 2.05) is 122 Å². The second-order valence-corrected chi connectivity index (χ2v) is 14.4. The molecular formula is C42H37ClN2O6S. The minimum Gasteiger partial charge on any atom is -0.491 e. The molecule has 0 spiro atoms. The lowest BCUT2D eigenvalue weighted by Gasteiger charge is -2.42. The lowest BCUT2D eigenvalue weighted by Crippen LogP contribution is -2.51. The van der Waals surface area contributed by atoms with Gasteiger partial charge in [-0.25, -0.2) is 4.79 Å². The van der Waals surface area contributed by atoms with Crippen molar-refractivity contribution in [1.82, 2.24) is 9.80 Å². The average Bonchev–Trinajstić information content (AvgIpc) is 3.69. The number of amides is 3.